The molecule has 0 N–H and O–H groups in total. The molecule has 0 saturated heterocycles. The van der Waals surface area contributed by atoms with Gasteiger partial charge in [-0.3, -0.25) is 9.69 Å². The molecule has 1 rings (SSSR count). The number of ether oxygens (including phenoxy) is 1. The summed E-state index contributed by atoms with van der Waals surface area (Å²) >= 11 is 0. The summed E-state index contributed by atoms with van der Waals surface area (Å²) in [7, 11) is 3.60. The van der Waals surface area contributed by atoms with Gasteiger partial charge in [0.2, 0.25) is 0 Å². The van der Waals surface area contributed by atoms with E-state index >= 15 is 0 Å². The summed E-state index contributed by atoms with van der Waals surface area (Å²) in [4.78, 5) is 14.4. The molecule has 0 bridgehead atoms. The summed E-state index contributed by atoms with van der Waals surface area (Å²) in [5, 5.41) is 0. The Morgan fingerprint density at radius 3 is 2.53 bits per heavy atom. The van der Waals surface area contributed by atoms with Crippen molar-refractivity contribution in [2.75, 3.05) is 20.7 Å². The molecule has 1 aromatic carbocycles. The predicted molar refractivity (Wildman–Crippen MR) is 78.9 cm³/mol. The van der Waals surface area contributed by atoms with E-state index in [2.05, 4.69) is 32.6 Å². The van der Waals surface area contributed by atoms with Gasteiger partial charge in [0.1, 0.15) is 5.75 Å². The number of hydrogen-bond acceptors (Lipinski definition) is 3. The van der Waals surface area contributed by atoms with Crippen LogP contribution in [0.2, 0.25) is 0 Å². The van der Waals surface area contributed by atoms with Gasteiger partial charge in [-0.1, -0.05) is 32.9 Å². The monoisotopic (exact) mass is 263 g/mol. The number of hydrogen-bond donors (Lipinski definition) is 0. The lowest BCUT2D eigenvalue weighted by Crippen LogP contribution is -2.41. The minimum atomic E-state index is 0.123. The standard InChI is InChI=1S/C16H25NO2/c1-12(16(2,3)4)17(5)11-15(18)13-8-7-9-14(10-13)19-6/h7-10,12H,11H2,1-6H3. The highest BCUT2D eigenvalue weighted by Gasteiger charge is 2.25. The second-order valence-electron chi connectivity index (χ2n) is 6.11. The number of nitrogens with zero attached hydrogens (tertiary/aromatic N) is 1. The van der Waals surface area contributed by atoms with Crippen LogP contribution in [0.25, 0.3) is 0 Å². The number of methoxy groups -OCH3 is 1. The van der Waals surface area contributed by atoms with E-state index in [9.17, 15) is 4.79 Å². The second-order valence-corrected chi connectivity index (χ2v) is 6.11. The fourth-order valence-corrected chi connectivity index (χ4v) is 1.91. The van der Waals surface area contributed by atoms with E-state index in [1.54, 1.807) is 13.2 Å². The molecule has 1 aromatic rings. The third kappa shape index (κ3) is 4.35. The van der Waals surface area contributed by atoms with E-state index in [0.717, 1.165) is 5.75 Å². The van der Waals surface area contributed by atoms with Crippen molar-refractivity contribution in [3.8, 4) is 5.75 Å². The van der Waals surface area contributed by atoms with Gasteiger partial charge in [-0.15, -0.1) is 0 Å². The first-order valence-electron chi connectivity index (χ1n) is 6.63. The fraction of sp³-hybridized carbons (Fsp3) is 0.562. The third-order valence-corrected chi connectivity index (χ3v) is 3.70. The maximum absolute atomic E-state index is 12.3. The second kappa shape index (κ2) is 6.20. The topological polar surface area (TPSA) is 29.5 Å². The number of carbonyl (C=O) groups is 1. The summed E-state index contributed by atoms with van der Waals surface area (Å²) in [5.74, 6) is 0.842. The van der Waals surface area contributed by atoms with Gasteiger partial charge >= 0.3 is 0 Å². The molecule has 0 saturated carbocycles. The normalized spacial score (nSPS) is 13.4. The summed E-state index contributed by atoms with van der Waals surface area (Å²) in [6, 6.07) is 7.65. The summed E-state index contributed by atoms with van der Waals surface area (Å²) in [6.45, 7) is 9.13. The highest BCUT2D eigenvalue weighted by Crippen LogP contribution is 2.23. The van der Waals surface area contributed by atoms with Gasteiger partial charge in [0.05, 0.1) is 13.7 Å². The van der Waals surface area contributed by atoms with E-state index in [1.165, 1.54) is 0 Å². The molecule has 0 amide bonds. The lowest BCUT2D eigenvalue weighted by Gasteiger charge is -2.34. The van der Waals surface area contributed by atoms with Gasteiger partial charge in [0, 0.05) is 11.6 Å². The Hall–Kier alpha value is -1.35. The lowest BCUT2D eigenvalue weighted by molar-refractivity contribution is 0.0853. The summed E-state index contributed by atoms with van der Waals surface area (Å²) < 4.78 is 5.15. The molecular formula is C16H25NO2. The fourth-order valence-electron chi connectivity index (χ4n) is 1.91. The Morgan fingerprint density at radius 1 is 1.37 bits per heavy atom. The van der Waals surface area contributed by atoms with Crippen molar-refractivity contribution < 1.29 is 9.53 Å². The number of ketones is 1. The Balaban J connectivity index is 2.74. The van der Waals surface area contributed by atoms with Crippen LogP contribution in [0, 0.1) is 5.41 Å². The zero-order chi connectivity index (χ0) is 14.6. The van der Waals surface area contributed by atoms with Crippen molar-refractivity contribution in [3.63, 3.8) is 0 Å². The highest BCUT2D eigenvalue weighted by molar-refractivity contribution is 5.97. The van der Waals surface area contributed by atoms with Gasteiger partial charge in [-0.2, -0.15) is 0 Å². The molecule has 0 spiro atoms. The Labute approximate surface area is 116 Å². The number of Topliss-reactive ketones (excluding diaryl/α,β-unsaturated/α-hetero) is 1. The van der Waals surface area contributed by atoms with Crippen molar-refractivity contribution in [2.24, 2.45) is 5.41 Å². The molecule has 3 heteroatoms. The SMILES string of the molecule is COc1cccc(C(=O)CN(C)C(C)C(C)(C)C)c1. The van der Waals surface area contributed by atoms with Crippen molar-refractivity contribution in [3.05, 3.63) is 29.8 Å². The van der Waals surface area contributed by atoms with Crippen LogP contribution >= 0.6 is 0 Å². The highest BCUT2D eigenvalue weighted by atomic mass is 16.5. The van der Waals surface area contributed by atoms with Crippen LogP contribution < -0.4 is 4.74 Å². The van der Waals surface area contributed by atoms with Crippen LogP contribution in [0.15, 0.2) is 24.3 Å². The van der Waals surface area contributed by atoms with E-state index in [0.29, 0.717) is 18.2 Å². The predicted octanol–water partition coefficient (Wildman–Crippen LogP) is 3.24. The number of benzene rings is 1. The van der Waals surface area contributed by atoms with Crippen LogP contribution in [0.5, 0.6) is 5.75 Å². The minimum Gasteiger partial charge on any atom is -0.497 e. The van der Waals surface area contributed by atoms with Gasteiger partial charge in [0.25, 0.3) is 0 Å². The first-order valence-corrected chi connectivity index (χ1v) is 6.63. The molecular weight excluding hydrogens is 238 g/mol. The van der Waals surface area contributed by atoms with E-state index < -0.39 is 0 Å². The maximum atomic E-state index is 12.3. The largest absolute Gasteiger partial charge is 0.497 e. The molecule has 0 fully saturated rings. The molecule has 1 unspecified atom stereocenters. The first-order chi connectivity index (χ1) is 8.75. The van der Waals surface area contributed by atoms with E-state index in [-0.39, 0.29) is 11.2 Å². The summed E-state index contributed by atoms with van der Waals surface area (Å²) in [6.07, 6.45) is 0. The first kappa shape index (κ1) is 15.7. The Kier molecular flexibility index (Phi) is 5.12. The van der Waals surface area contributed by atoms with Crippen molar-refractivity contribution in [2.45, 2.75) is 33.7 Å². The quantitative estimate of drug-likeness (QED) is 0.764. The van der Waals surface area contributed by atoms with Crippen LogP contribution in [0.1, 0.15) is 38.1 Å². The molecule has 106 valence electrons. The molecule has 0 aromatic heterocycles. The van der Waals surface area contributed by atoms with Crippen LogP contribution in [0.4, 0.5) is 0 Å². The number of rotatable bonds is 5. The van der Waals surface area contributed by atoms with Crippen molar-refractivity contribution in [1.29, 1.82) is 0 Å². The molecule has 0 aliphatic heterocycles. The molecule has 0 aliphatic carbocycles. The number of likely N-dealkylation sites (N-methyl/N-ethyl adjacent to an activating group) is 1. The van der Waals surface area contributed by atoms with Gasteiger partial charge in [-0.05, 0) is 31.5 Å². The molecule has 0 heterocycles. The average Bonchev–Trinajstić information content (AvgIpc) is 2.36. The third-order valence-electron chi connectivity index (χ3n) is 3.70. The zero-order valence-electron chi connectivity index (χ0n) is 12.9. The molecule has 1 atom stereocenters. The smallest absolute Gasteiger partial charge is 0.176 e. The van der Waals surface area contributed by atoms with E-state index in [4.69, 9.17) is 4.74 Å². The molecule has 19 heavy (non-hydrogen) atoms. The maximum Gasteiger partial charge on any atom is 0.176 e. The van der Waals surface area contributed by atoms with Crippen LogP contribution in [-0.4, -0.2) is 37.4 Å². The molecule has 3 nitrogen and oxygen atoms in total. The lowest BCUT2D eigenvalue weighted by atomic mass is 9.87. The zero-order valence-corrected chi connectivity index (χ0v) is 12.9. The van der Waals surface area contributed by atoms with Gasteiger partial charge < -0.3 is 4.74 Å². The van der Waals surface area contributed by atoms with Gasteiger partial charge in [0.15, 0.2) is 5.78 Å². The van der Waals surface area contributed by atoms with Crippen LogP contribution in [0.3, 0.4) is 0 Å². The summed E-state index contributed by atoms with van der Waals surface area (Å²) in [5.41, 5.74) is 0.857. The molecule has 0 radical (unpaired) electrons. The van der Waals surface area contributed by atoms with E-state index in [1.807, 2.05) is 25.2 Å². The van der Waals surface area contributed by atoms with Crippen LogP contribution in [-0.2, 0) is 0 Å². The average molecular weight is 263 g/mol. The Bertz CT molecular complexity index is 435. The molecule has 0 aliphatic rings. The number of carbonyl (C=O) groups excluding carboxylic acids is 1. The van der Waals surface area contributed by atoms with Crippen molar-refractivity contribution >= 4 is 5.78 Å². The minimum absolute atomic E-state index is 0.123. The Morgan fingerprint density at radius 2 is 2.00 bits per heavy atom. The van der Waals surface area contributed by atoms with Gasteiger partial charge in [-0.25, -0.2) is 0 Å². The van der Waals surface area contributed by atoms with Crippen molar-refractivity contribution in [1.82, 2.24) is 4.90 Å².